The first kappa shape index (κ1) is 21.8. The third kappa shape index (κ3) is 6.05. The van der Waals surface area contributed by atoms with E-state index in [0.717, 1.165) is 52.1 Å². The van der Waals surface area contributed by atoms with Crippen LogP contribution in [0.15, 0.2) is 48.8 Å². The topological polar surface area (TPSA) is 68.7 Å². The number of carbonyl (C=O) groups excluding carboxylic acids is 1. The van der Waals surface area contributed by atoms with Gasteiger partial charge in [0.05, 0.1) is 5.92 Å². The van der Waals surface area contributed by atoms with Crippen molar-refractivity contribution >= 4 is 5.91 Å². The van der Waals surface area contributed by atoms with Crippen LogP contribution in [-0.4, -0.2) is 58.0 Å². The quantitative estimate of drug-likeness (QED) is 0.792. The van der Waals surface area contributed by atoms with Gasteiger partial charge in [0, 0.05) is 44.6 Å². The van der Waals surface area contributed by atoms with Crippen LogP contribution in [0, 0.1) is 5.92 Å². The Balaban J connectivity index is 1.54. The van der Waals surface area contributed by atoms with Crippen molar-refractivity contribution in [2.24, 2.45) is 5.92 Å². The van der Waals surface area contributed by atoms with Crippen molar-refractivity contribution in [3.05, 3.63) is 59.9 Å². The van der Waals surface area contributed by atoms with Crippen molar-refractivity contribution in [1.82, 2.24) is 20.1 Å². The summed E-state index contributed by atoms with van der Waals surface area (Å²) in [7, 11) is 0. The average Bonchev–Trinajstić information content (AvgIpc) is 2.82. The SMILES string of the molecule is O=C1NCCCCCCN(Cc2ccncc2)[C@@H]2CN(Cc3ccc(O)cc3)CC[C@H]12. The Morgan fingerprint density at radius 3 is 2.48 bits per heavy atom. The first-order valence-corrected chi connectivity index (χ1v) is 11.6. The molecule has 166 valence electrons. The number of fused-ring (bicyclic) bond motifs is 1. The molecule has 2 aliphatic heterocycles. The number of likely N-dealkylation sites (tertiary alicyclic amines) is 1. The summed E-state index contributed by atoms with van der Waals surface area (Å²) in [4.78, 5) is 22.2. The molecule has 2 aliphatic rings. The van der Waals surface area contributed by atoms with Gasteiger partial charge in [-0.3, -0.25) is 19.6 Å². The fraction of sp³-hybridized carbons (Fsp3) is 0.520. The summed E-state index contributed by atoms with van der Waals surface area (Å²) in [6.45, 7) is 5.30. The number of benzene rings is 1. The van der Waals surface area contributed by atoms with Crippen LogP contribution < -0.4 is 5.32 Å². The maximum atomic E-state index is 13.1. The highest BCUT2D eigenvalue weighted by molar-refractivity contribution is 5.79. The van der Waals surface area contributed by atoms with E-state index in [2.05, 4.69) is 32.2 Å². The smallest absolute Gasteiger partial charge is 0.224 e. The second-order valence-corrected chi connectivity index (χ2v) is 8.90. The summed E-state index contributed by atoms with van der Waals surface area (Å²) in [6, 6.07) is 11.8. The van der Waals surface area contributed by atoms with Crippen LogP contribution in [0.1, 0.15) is 43.2 Å². The van der Waals surface area contributed by atoms with Crippen LogP contribution in [0.5, 0.6) is 5.75 Å². The third-order valence-corrected chi connectivity index (χ3v) is 6.62. The molecular weight excluding hydrogens is 388 g/mol. The van der Waals surface area contributed by atoms with E-state index in [1.54, 1.807) is 12.1 Å². The normalized spacial score (nSPS) is 24.1. The van der Waals surface area contributed by atoms with E-state index in [9.17, 15) is 9.90 Å². The zero-order valence-electron chi connectivity index (χ0n) is 18.2. The molecule has 0 spiro atoms. The molecule has 1 aromatic carbocycles. The molecule has 3 heterocycles. The third-order valence-electron chi connectivity index (χ3n) is 6.62. The highest BCUT2D eigenvalue weighted by Crippen LogP contribution is 2.27. The van der Waals surface area contributed by atoms with E-state index in [-0.39, 0.29) is 17.9 Å². The van der Waals surface area contributed by atoms with Gasteiger partial charge in [0.1, 0.15) is 5.75 Å². The second kappa shape index (κ2) is 10.7. The summed E-state index contributed by atoms with van der Waals surface area (Å²) >= 11 is 0. The molecule has 2 fully saturated rings. The molecule has 0 saturated carbocycles. The lowest BCUT2D eigenvalue weighted by atomic mass is 9.88. The fourth-order valence-corrected chi connectivity index (χ4v) is 4.90. The molecule has 6 nitrogen and oxygen atoms in total. The number of rotatable bonds is 4. The number of phenols is 1. The number of hydrogen-bond donors (Lipinski definition) is 2. The lowest BCUT2D eigenvalue weighted by molar-refractivity contribution is -0.129. The zero-order chi connectivity index (χ0) is 21.5. The molecule has 2 aromatic rings. The van der Waals surface area contributed by atoms with Gasteiger partial charge < -0.3 is 10.4 Å². The van der Waals surface area contributed by atoms with Crippen molar-refractivity contribution in [3.63, 3.8) is 0 Å². The van der Waals surface area contributed by atoms with Crippen molar-refractivity contribution in [1.29, 1.82) is 0 Å². The molecule has 2 atom stereocenters. The van der Waals surface area contributed by atoms with Crippen LogP contribution in [0.3, 0.4) is 0 Å². The van der Waals surface area contributed by atoms with Crippen LogP contribution in [0.2, 0.25) is 0 Å². The molecule has 0 aliphatic carbocycles. The van der Waals surface area contributed by atoms with Crippen molar-refractivity contribution in [3.8, 4) is 5.75 Å². The molecular formula is C25H34N4O2. The number of hydrogen-bond acceptors (Lipinski definition) is 5. The molecule has 2 N–H and O–H groups in total. The first-order chi connectivity index (χ1) is 15.2. The average molecular weight is 423 g/mol. The van der Waals surface area contributed by atoms with E-state index in [4.69, 9.17) is 0 Å². The number of pyridine rings is 1. The van der Waals surface area contributed by atoms with Gasteiger partial charge in [-0.05, 0) is 67.7 Å². The molecule has 0 unspecified atom stereocenters. The minimum atomic E-state index is 0.0241. The standard InChI is InChI=1S/C25H34N4O2/c30-22-7-5-20(6-8-22)17-28-16-11-23-24(19-28)29(18-21-9-13-26-14-10-21)15-4-2-1-3-12-27-25(23)31/h5-10,13-14,23-24,30H,1-4,11-12,15-19H2,(H,27,31)/t23-,24+/m0/s1. The van der Waals surface area contributed by atoms with Crippen molar-refractivity contribution in [2.45, 2.75) is 51.2 Å². The molecule has 0 bridgehead atoms. The van der Waals surface area contributed by atoms with Crippen LogP contribution in [0.25, 0.3) is 0 Å². The van der Waals surface area contributed by atoms with Gasteiger partial charge >= 0.3 is 0 Å². The maximum Gasteiger partial charge on any atom is 0.224 e. The molecule has 6 heteroatoms. The van der Waals surface area contributed by atoms with Gasteiger partial charge in [0.15, 0.2) is 0 Å². The summed E-state index contributed by atoms with van der Waals surface area (Å²) in [5.74, 6) is 0.540. The summed E-state index contributed by atoms with van der Waals surface area (Å²) in [5, 5.41) is 12.8. The van der Waals surface area contributed by atoms with Gasteiger partial charge in [0.25, 0.3) is 0 Å². The molecule has 4 rings (SSSR count). The van der Waals surface area contributed by atoms with Gasteiger partial charge in [-0.1, -0.05) is 25.0 Å². The minimum Gasteiger partial charge on any atom is -0.508 e. The second-order valence-electron chi connectivity index (χ2n) is 8.90. The van der Waals surface area contributed by atoms with Crippen LogP contribution >= 0.6 is 0 Å². The van der Waals surface area contributed by atoms with E-state index < -0.39 is 0 Å². The number of nitrogens with one attached hydrogen (secondary N) is 1. The van der Waals surface area contributed by atoms with Gasteiger partial charge in [-0.15, -0.1) is 0 Å². The Bertz CT molecular complexity index is 827. The van der Waals surface area contributed by atoms with Gasteiger partial charge in [0.2, 0.25) is 5.91 Å². The van der Waals surface area contributed by atoms with E-state index in [1.165, 1.54) is 30.4 Å². The van der Waals surface area contributed by atoms with Crippen LogP contribution in [0.4, 0.5) is 0 Å². The number of aromatic hydroxyl groups is 1. The Kier molecular flexibility index (Phi) is 7.54. The number of aromatic nitrogens is 1. The lowest BCUT2D eigenvalue weighted by Gasteiger charge is -2.43. The fourth-order valence-electron chi connectivity index (χ4n) is 4.90. The Morgan fingerprint density at radius 2 is 1.68 bits per heavy atom. The number of nitrogens with zero attached hydrogens (tertiary/aromatic N) is 3. The summed E-state index contributed by atoms with van der Waals surface area (Å²) in [5.41, 5.74) is 2.44. The number of piperidine rings is 1. The van der Waals surface area contributed by atoms with Crippen LogP contribution in [-0.2, 0) is 17.9 Å². The summed E-state index contributed by atoms with van der Waals surface area (Å²) in [6.07, 6.45) is 9.19. The molecule has 0 radical (unpaired) electrons. The van der Waals surface area contributed by atoms with E-state index >= 15 is 0 Å². The summed E-state index contributed by atoms with van der Waals surface area (Å²) < 4.78 is 0. The number of amides is 1. The van der Waals surface area contributed by atoms with E-state index in [1.807, 2.05) is 24.5 Å². The maximum absolute atomic E-state index is 13.1. The highest BCUT2D eigenvalue weighted by atomic mass is 16.3. The highest BCUT2D eigenvalue weighted by Gasteiger charge is 2.37. The molecule has 1 aromatic heterocycles. The lowest BCUT2D eigenvalue weighted by Crippen LogP contribution is -2.56. The number of carbonyl (C=O) groups is 1. The minimum absolute atomic E-state index is 0.0241. The largest absolute Gasteiger partial charge is 0.508 e. The Morgan fingerprint density at radius 1 is 0.935 bits per heavy atom. The Hall–Kier alpha value is -2.44. The molecule has 31 heavy (non-hydrogen) atoms. The Labute approximate surface area is 185 Å². The monoisotopic (exact) mass is 422 g/mol. The predicted octanol–water partition coefficient (Wildman–Crippen LogP) is 3.17. The van der Waals surface area contributed by atoms with Gasteiger partial charge in [-0.25, -0.2) is 0 Å². The van der Waals surface area contributed by atoms with Gasteiger partial charge in [-0.2, -0.15) is 0 Å². The molecule has 2 saturated heterocycles. The molecule has 1 amide bonds. The zero-order valence-corrected chi connectivity index (χ0v) is 18.2. The first-order valence-electron chi connectivity index (χ1n) is 11.6. The number of phenolic OH excluding ortho intramolecular Hbond substituents is 1. The van der Waals surface area contributed by atoms with E-state index in [0.29, 0.717) is 5.75 Å². The predicted molar refractivity (Wildman–Crippen MR) is 121 cm³/mol. The van der Waals surface area contributed by atoms with Crippen molar-refractivity contribution < 1.29 is 9.90 Å². The van der Waals surface area contributed by atoms with Crippen molar-refractivity contribution in [2.75, 3.05) is 26.2 Å².